The molecule has 3 heterocycles. The Labute approximate surface area is 149 Å². The van der Waals surface area contributed by atoms with Crippen molar-refractivity contribution in [1.82, 2.24) is 24.5 Å². The van der Waals surface area contributed by atoms with Crippen molar-refractivity contribution in [1.29, 1.82) is 0 Å². The van der Waals surface area contributed by atoms with Crippen LogP contribution in [0.5, 0.6) is 0 Å². The number of hydrogen-bond donors (Lipinski definition) is 0. The van der Waals surface area contributed by atoms with Crippen LogP contribution in [0.1, 0.15) is 44.7 Å². The number of rotatable bonds is 5. The topological polar surface area (TPSA) is 61.7 Å². The van der Waals surface area contributed by atoms with Crippen LogP contribution in [0.15, 0.2) is 12.4 Å². The molecular formula is C18H29N5O2. The van der Waals surface area contributed by atoms with Gasteiger partial charge in [0.05, 0.1) is 12.7 Å². The summed E-state index contributed by atoms with van der Waals surface area (Å²) < 4.78 is 1.98. The number of hydrogen-bond acceptors (Lipinski definition) is 4. The van der Waals surface area contributed by atoms with Crippen molar-refractivity contribution >= 4 is 11.8 Å². The average molecular weight is 347 g/mol. The van der Waals surface area contributed by atoms with Crippen LogP contribution in [-0.2, 0) is 16.1 Å². The number of carbonyl (C=O) groups excluding carboxylic acids is 2. The number of amides is 2. The largest absolute Gasteiger partial charge is 0.340 e. The molecule has 0 atom stereocenters. The van der Waals surface area contributed by atoms with Crippen molar-refractivity contribution in [2.24, 2.45) is 0 Å². The Morgan fingerprint density at radius 2 is 2.00 bits per heavy atom. The first-order valence-corrected chi connectivity index (χ1v) is 9.34. The van der Waals surface area contributed by atoms with E-state index in [2.05, 4.69) is 30.0 Å². The second-order valence-corrected chi connectivity index (χ2v) is 7.35. The fourth-order valence-electron chi connectivity index (χ4n) is 3.51. The molecule has 0 radical (unpaired) electrons. The van der Waals surface area contributed by atoms with Crippen LogP contribution in [0.4, 0.5) is 0 Å². The summed E-state index contributed by atoms with van der Waals surface area (Å²) >= 11 is 0. The number of carbonyl (C=O) groups is 2. The van der Waals surface area contributed by atoms with E-state index in [4.69, 9.17) is 0 Å². The van der Waals surface area contributed by atoms with Crippen molar-refractivity contribution in [2.75, 3.05) is 39.3 Å². The van der Waals surface area contributed by atoms with Gasteiger partial charge < -0.3 is 9.80 Å². The first-order valence-electron chi connectivity index (χ1n) is 9.34. The van der Waals surface area contributed by atoms with Crippen LogP contribution in [0.25, 0.3) is 0 Å². The highest BCUT2D eigenvalue weighted by molar-refractivity contribution is 5.85. The van der Waals surface area contributed by atoms with Gasteiger partial charge in [-0.05, 0) is 26.7 Å². The highest BCUT2D eigenvalue weighted by atomic mass is 16.2. The van der Waals surface area contributed by atoms with Crippen molar-refractivity contribution < 1.29 is 9.59 Å². The van der Waals surface area contributed by atoms with Crippen LogP contribution in [0.3, 0.4) is 0 Å². The van der Waals surface area contributed by atoms with E-state index in [9.17, 15) is 9.59 Å². The van der Waals surface area contributed by atoms with E-state index in [0.717, 1.165) is 52.1 Å². The number of nitrogens with zero attached hydrogens (tertiary/aromatic N) is 5. The van der Waals surface area contributed by atoms with Crippen LogP contribution >= 0.6 is 0 Å². The summed E-state index contributed by atoms with van der Waals surface area (Å²) in [7, 11) is 0. The number of likely N-dealkylation sites (tertiary alicyclic amines) is 1. The van der Waals surface area contributed by atoms with Gasteiger partial charge in [0.2, 0.25) is 11.8 Å². The maximum atomic E-state index is 12.5. The van der Waals surface area contributed by atoms with Crippen molar-refractivity contribution in [3.8, 4) is 0 Å². The standard InChI is InChI=1S/C18H29N5O2/c1-15(2)23-13-16(11-19-23)12-20-6-4-8-21(10-9-20)18(25)14-22-7-3-5-17(22)24/h11,13,15H,3-10,12,14H2,1-2H3. The molecule has 7 nitrogen and oxygen atoms in total. The van der Waals surface area contributed by atoms with Gasteiger partial charge >= 0.3 is 0 Å². The molecule has 1 aromatic heterocycles. The molecule has 0 unspecified atom stereocenters. The van der Waals surface area contributed by atoms with Gasteiger partial charge in [0, 0.05) is 63.5 Å². The molecule has 0 aromatic carbocycles. The summed E-state index contributed by atoms with van der Waals surface area (Å²) in [5, 5.41) is 4.40. The Hall–Kier alpha value is -1.89. The monoisotopic (exact) mass is 347 g/mol. The fourth-order valence-corrected chi connectivity index (χ4v) is 3.51. The van der Waals surface area contributed by atoms with Crippen LogP contribution in [0.2, 0.25) is 0 Å². The van der Waals surface area contributed by atoms with Gasteiger partial charge in [0.25, 0.3) is 0 Å². The molecule has 2 fully saturated rings. The van der Waals surface area contributed by atoms with Gasteiger partial charge in [-0.25, -0.2) is 0 Å². The summed E-state index contributed by atoms with van der Waals surface area (Å²) in [6.45, 7) is 9.46. The molecule has 7 heteroatoms. The second-order valence-electron chi connectivity index (χ2n) is 7.35. The molecule has 1 aromatic rings. The van der Waals surface area contributed by atoms with Crippen molar-refractivity contribution in [2.45, 2.75) is 45.7 Å². The molecule has 0 bridgehead atoms. The Morgan fingerprint density at radius 1 is 1.16 bits per heavy atom. The van der Waals surface area contributed by atoms with Crippen LogP contribution in [0, 0.1) is 0 Å². The highest BCUT2D eigenvalue weighted by Gasteiger charge is 2.26. The van der Waals surface area contributed by atoms with Crippen molar-refractivity contribution in [3.05, 3.63) is 18.0 Å². The third-order valence-corrected chi connectivity index (χ3v) is 5.03. The maximum Gasteiger partial charge on any atom is 0.242 e. The Kier molecular flexibility index (Phi) is 5.73. The SMILES string of the molecule is CC(C)n1cc(CN2CCCN(C(=O)CN3CCCC3=O)CC2)cn1. The lowest BCUT2D eigenvalue weighted by molar-refractivity contribution is -0.138. The lowest BCUT2D eigenvalue weighted by Crippen LogP contribution is -2.42. The van der Waals surface area contributed by atoms with E-state index < -0.39 is 0 Å². The molecule has 25 heavy (non-hydrogen) atoms. The zero-order chi connectivity index (χ0) is 17.8. The van der Waals surface area contributed by atoms with Gasteiger partial charge in [0.1, 0.15) is 0 Å². The molecule has 2 aliphatic heterocycles. The fraction of sp³-hybridized carbons (Fsp3) is 0.722. The molecule has 2 aliphatic rings. The first kappa shape index (κ1) is 17.9. The van der Waals surface area contributed by atoms with Crippen LogP contribution in [-0.4, -0.2) is 75.6 Å². The van der Waals surface area contributed by atoms with Gasteiger partial charge in [-0.2, -0.15) is 5.10 Å². The minimum absolute atomic E-state index is 0.0877. The number of aromatic nitrogens is 2. The third-order valence-electron chi connectivity index (χ3n) is 5.03. The minimum Gasteiger partial charge on any atom is -0.340 e. The third kappa shape index (κ3) is 4.60. The molecule has 0 N–H and O–H groups in total. The molecule has 2 amide bonds. The molecular weight excluding hydrogens is 318 g/mol. The summed E-state index contributed by atoms with van der Waals surface area (Å²) in [4.78, 5) is 30.2. The Morgan fingerprint density at radius 3 is 2.68 bits per heavy atom. The quantitative estimate of drug-likeness (QED) is 0.801. The van der Waals surface area contributed by atoms with E-state index in [1.165, 1.54) is 5.56 Å². The van der Waals surface area contributed by atoms with E-state index in [1.54, 1.807) is 4.90 Å². The lowest BCUT2D eigenvalue weighted by Gasteiger charge is -2.24. The van der Waals surface area contributed by atoms with Gasteiger partial charge in [-0.15, -0.1) is 0 Å². The zero-order valence-corrected chi connectivity index (χ0v) is 15.4. The van der Waals surface area contributed by atoms with E-state index in [0.29, 0.717) is 12.5 Å². The second kappa shape index (κ2) is 7.99. The predicted molar refractivity (Wildman–Crippen MR) is 94.9 cm³/mol. The zero-order valence-electron chi connectivity index (χ0n) is 15.4. The first-order chi connectivity index (χ1) is 12.0. The van der Waals surface area contributed by atoms with Gasteiger partial charge in [-0.1, -0.05) is 0 Å². The minimum atomic E-state index is 0.0877. The van der Waals surface area contributed by atoms with E-state index in [-0.39, 0.29) is 18.4 Å². The van der Waals surface area contributed by atoms with Crippen molar-refractivity contribution in [3.63, 3.8) is 0 Å². The molecule has 0 spiro atoms. The highest BCUT2D eigenvalue weighted by Crippen LogP contribution is 2.13. The average Bonchev–Trinajstić information content (AvgIpc) is 3.12. The van der Waals surface area contributed by atoms with E-state index >= 15 is 0 Å². The van der Waals surface area contributed by atoms with Gasteiger partial charge in [0.15, 0.2) is 0 Å². The van der Waals surface area contributed by atoms with E-state index in [1.807, 2.05) is 15.8 Å². The maximum absolute atomic E-state index is 12.5. The molecule has 138 valence electrons. The summed E-state index contributed by atoms with van der Waals surface area (Å²) in [5.74, 6) is 0.205. The summed E-state index contributed by atoms with van der Waals surface area (Å²) in [6.07, 6.45) is 6.48. The summed E-state index contributed by atoms with van der Waals surface area (Å²) in [6, 6.07) is 0.374. The lowest BCUT2D eigenvalue weighted by atomic mass is 10.3. The smallest absolute Gasteiger partial charge is 0.242 e. The van der Waals surface area contributed by atoms with Crippen LogP contribution < -0.4 is 0 Å². The Balaban J connectivity index is 1.49. The molecule has 0 saturated carbocycles. The summed E-state index contributed by atoms with van der Waals surface area (Å²) in [5.41, 5.74) is 1.22. The van der Waals surface area contributed by atoms with Gasteiger partial charge in [-0.3, -0.25) is 19.2 Å². The Bertz CT molecular complexity index is 612. The molecule has 2 saturated heterocycles. The molecule has 0 aliphatic carbocycles. The predicted octanol–water partition coefficient (Wildman–Crippen LogP) is 1.12. The molecule has 3 rings (SSSR count). The normalized spacial score (nSPS) is 19.7.